The van der Waals surface area contributed by atoms with Gasteiger partial charge in [-0.1, -0.05) is 47.3 Å². The topological polar surface area (TPSA) is 92.7 Å². The Morgan fingerprint density at radius 2 is 1.68 bits per heavy atom. The fourth-order valence-electron chi connectivity index (χ4n) is 1.20. The zero-order valence-corrected chi connectivity index (χ0v) is 19.6. The first-order valence-corrected chi connectivity index (χ1v) is 11.5. The summed E-state index contributed by atoms with van der Waals surface area (Å²) >= 11 is 12.8. The Bertz CT molecular complexity index is 600. The number of hydrogen-bond donors (Lipinski definition) is 1. The third-order valence-corrected chi connectivity index (χ3v) is 7.64. The third-order valence-electron chi connectivity index (χ3n) is 2.01. The van der Waals surface area contributed by atoms with Gasteiger partial charge >= 0.3 is 29.6 Å². The molecule has 0 amide bonds. The van der Waals surface area contributed by atoms with Gasteiger partial charge in [-0.25, -0.2) is 16.8 Å². The summed E-state index contributed by atoms with van der Waals surface area (Å²) in [7, 11) is -6.31. The summed E-state index contributed by atoms with van der Waals surface area (Å²) in [4.78, 5) is 0. The minimum Gasteiger partial charge on any atom is -1.00 e. The van der Waals surface area contributed by atoms with Crippen molar-refractivity contribution in [2.24, 2.45) is 4.40 Å². The zero-order valence-electron chi connectivity index (χ0n) is 12.7. The van der Waals surface area contributed by atoms with Gasteiger partial charge in [0.15, 0.2) is 4.50 Å². The molecule has 0 unspecified atom stereocenters. The Labute approximate surface area is 180 Å². The molecule has 0 radical (unpaired) electrons. The molecular formula is C8H16ClN2NaO4S6. The number of thioether (sulfide) groups is 2. The van der Waals surface area contributed by atoms with Crippen LogP contribution < -0.4 is 34.3 Å². The van der Waals surface area contributed by atoms with E-state index >= 15 is 0 Å². The molecule has 1 fully saturated rings. The third kappa shape index (κ3) is 12.2. The summed E-state index contributed by atoms with van der Waals surface area (Å²) < 4.78 is 49.4. The van der Waals surface area contributed by atoms with Gasteiger partial charge in [-0.2, -0.15) is 13.5 Å². The Balaban J connectivity index is -0.000000308. The van der Waals surface area contributed by atoms with Crippen molar-refractivity contribution in [1.29, 1.82) is 0 Å². The van der Waals surface area contributed by atoms with Crippen LogP contribution in [0.1, 0.15) is 14.3 Å². The van der Waals surface area contributed by atoms with Crippen LogP contribution in [0.3, 0.4) is 0 Å². The van der Waals surface area contributed by atoms with Gasteiger partial charge in [0.25, 0.3) is 10.0 Å². The molecule has 0 spiro atoms. The Morgan fingerprint density at radius 3 is 2.32 bits per heavy atom. The molecule has 0 atom stereocenters. The molecule has 0 saturated carbocycles. The number of rotatable bonds is 0. The molecule has 6 nitrogen and oxygen atoms in total. The average Bonchev–Trinajstić information content (AvgIpc) is 2.54. The van der Waals surface area contributed by atoms with Crippen molar-refractivity contribution < 1.29 is 47.8 Å². The molecule has 0 aromatic heterocycles. The van der Waals surface area contributed by atoms with E-state index in [2.05, 4.69) is 9.12 Å². The van der Waals surface area contributed by atoms with Gasteiger partial charge in [0.05, 0.1) is 11.5 Å². The number of nitrogens with one attached hydrogen (secondary N) is 1. The maximum absolute atomic E-state index is 10.9. The van der Waals surface area contributed by atoms with E-state index in [1.54, 1.807) is 0 Å². The Morgan fingerprint density at radius 1 is 1.14 bits per heavy atom. The molecule has 22 heavy (non-hydrogen) atoms. The predicted octanol–water partition coefficient (Wildman–Crippen LogP) is -1.40. The average molecular weight is 455 g/mol. The molecule has 2 rings (SSSR count). The van der Waals surface area contributed by atoms with Gasteiger partial charge in [-0.05, 0) is 12.8 Å². The van der Waals surface area contributed by atoms with E-state index in [0.717, 1.165) is 11.5 Å². The largest absolute Gasteiger partial charge is 1.00 e. The first kappa shape index (κ1) is 26.0. The molecule has 1 saturated heterocycles. The van der Waals surface area contributed by atoms with Gasteiger partial charge in [0.1, 0.15) is 4.32 Å². The number of thiocarbonyl (C=S) groups is 1. The number of nitrogens with zero attached hydrogens (tertiary/aromatic N) is 1. The van der Waals surface area contributed by atoms with Gasteiger partial charge in [-0.15, -0.1) is 4.40 Å². The molecule has 0 aromatic carbocycles. The molecule has 126 valence electrons. The molecule has 0 aliphatic carbocycles. The number of sulfonamides is 2. The van der Waals surface area contributed by atoms with Crippen LogP contribution in [-0.4, -0.2) is 48.7 Å². The number of hydrogen-bond acceptors (Lipinski definition) is 7. The van der Waals surface area contributed by atoms with Crippen LogP contribution in [0.5, 0.6) is 0 Å². The fourth-order valence-corrected chi connectivity index (χ4v) is 6.54. The van der Waals surface area contributed by atoms with Crippen molar-refractivity contribution in [3.63, 3.8) is 0 Å². The van der Waals surface area contributed by atoms with Crippen LogP contribution >= 0.6 is 60.8 Å². The van der Waals surface area contributed by atoms with Crippen molar-refractivity contribution in [2.45, 2.75) is 12.8 Å². The maximum atomic E-state index is 10.9. The minimum atomic E-state index is -3.23. The molecule has 0 bridgehead atoms. The van der Waals surface area contributed by atoms with Crippen LogP contribution in [0.4, 0.5) is 0 Å². The van der Waals surface area contributed by atoms with Crippen molar-refractivity contribution in [3.05, 3.63) is 0 Å². The van der Waals surface area contributed by atoms with Crippen molar-refractivity contribution in [1.82, 2.24) is 4.72 Å². The minimum absolute atomic E-state index is 0. The van der Waals surface area contributed by atoms with Crippen LogP contribution in [-0.2, 0) is 20.0 Å². The van der Waals surface area contributed by atoms with Crippen LogP contribution in [0.15, 0.2) is 4.40 Å². The first-order chi connectivity index (χ1) is 9.20. The van der Waals surface area contributed by atoms with Crippen LogP contribution in [0.2, 0.25) is 0 Å². The van der Waals surface area contributed by atoms with Crippen molar-refractivity contribution in [2.75, 3.05) is 23.0 Å². The molecule has 1 N–H and O–H groups in total. The first-order valence-electron chi connectivity index (χ1n) is 5.48. The van der Waals surface area contributed by atoms with Gasteiger partial charge in [0.2, 0.25) is 10.0 Å². The normalized spacial score (nSPS) is 22.8. The summed E-state index contributed by atoms with van der Waals surface area (Å²) in [6.45, 7) is 0. The van der Waals surface area contributed by atoms with E-state index in [9.17, 15) is 16.8 Å². The standard InChI is InChI=1S/C4H6ClNO2S2.C4H7NO2S3.Na.H2S.H/c5-4-6-10(7,8)3-1-2-9-4;6-10(7)3-1-2-9-4(8)5-10;;;/h1-3H2;1-3H2,(H,5,8);;1H2;/q;;+1;;-1. The molecule has 0 aromatic rings. The van der Waals surface area contributed by atoms with E-state index in [1.165, 1.54) is 23.5 Å². The molecule has 2 heterocycles. The second kappa shape index (κ2) is 12.2. The number of halogens is 1. The van der Waals surface area contributed by atoms with E-state index in [0.29, 0.717) is 17.2 Å². The quantitative estimate of drug-likeness (QED) is 0.355. The van der Waals surface area contributed by atoms with E-state index in [4.69, 9.17) is 23.8 Å². The fraction of sp³-hybridized carbons (Fsp3) is 0.750. The van der Waals surface area contributed by atoms with Crippen molar-refractivity contribution in [3.8, 4) is 0 Å². The smallest absolute Gasteiger partial charge is 1.00 e. The van der Waals surface area contributed by atoms with E-state index < -0.39 is 20.0 Å². The van der Waals surface area contributed by atoms with E-state index in [-0.39, 0.29) is 60.5 Å². The summed E-state index contributed by atoms with van der Waals surface area (Å²) in [6, 6.07) is 0. The molecule has 2 aliphatic rings. The second-order valence-corrected chi connectivity index (χ2v) is 10.8. The van der Waals surface area contributed by atoms with Crippen LogP contribution in [0.25, 0.3) is 0 Å². The molecule has 14 heteroatoms. The Hall–Kier alpha value is 1.80. The summed E-state index contributed by atoms with van der Waals surface area (Å²) in [6.07, 6.45) is 1.31. The van der Waals surface area contributed by atoms with Gasteiger partial charge < -0.3 is 1.43 Å². The van der Waals surface area contributed by atoms with Crippen molar-refractivity contribution >= 4 is 89.7 Å². The SMILES string of the molecule is O=S1(=O)CCCSC(=S)N1.O=S1(=O)CCCSC(Cl)=N1.S.[H-].[Na+]. The summed E-state index contributed by atoms with van der Waals surface area (Å²) in [5.41, 5.74) is 0. The molecule has 2 aliphatic heterocycles. The van der Waals surface area contributed by atoms with Gasteiger partial charge in [0, 0.05) is 11.5 Å². The van der Waals surface area contributed by atoms with Gasteiger partial charge in [-0.3, -0.25) is 4.72 Å². The van der Waals surface area contributed by atoms with E-state index in [1.807, 2.05) is 0 Å². The van der Waals surface area contributed by atoms with Crippen LogP contribution in [0, 0.1) is 0 Å². The zero-order chi connectivity index (χ0) is 15.2. The second-order valence-electron chi connectivity index (χ2n) is 3.74. The Kier molecular flexibility index (Phi) is 14.4. The summed E-state index contributed by atoms with van der Waals surface area (Å²) in [5.74, 6) is 1.85. The molecular weight excluding hydrogens is 439 g/mol. The maximum Gasteiger partial charge on any atom is 1.00 e. The monoisotopic (exact) mass is 454 g/mol. The summed E-state index contributed by atoms with van der Waals surface area (Å²) in [5, 5.41) is 0. The predicted molar refractivity (Wildman–Crippen MR) is 102 cm³/mol.